The number of furan rings is 1. The minimum absolute atomic E-state index is 0.130. The van der Waals surface area contributed by atoms with Crippen molar-refractivity contribution < 1.29 is 28.2 Å². The quantitative estimate of drug-likeness (QED) is 0.554. The van der Waals surface area contributed by atoms with E-state index in [2.05, 4.69) is 0 Å². The molecule has 7 heteroatoms. The molecule has 7 nitrogen and oxygen atoms in total. The van der Waals surface area contributed by atoms with Crippen molar-refractivity contribution in [3.63, 3.8) is 0 Å². The number of benzene rings is 2. The van der Waals surface area contributed by atoms with Gasteiger partial charge in [-0.15, -0.1) is 0 Å². The Balaban J connectivity index is 1.50. The van der Waals surface area contributed by atoms with Crippen LogP contribution >= 0.6 is 0 Å². The number of methoxy groups -OCH3 is 4. The highest BCUT2D eigenvalue weighted by molar-refractivity contribution is 5.91. The van der Waals surface area contributed by atoms with Crippen LogP contribution in [0.15, 0.2) is 46.9 Å². The highest BCUT2D eigenvalue weighted by Gasteiger charge is 2.25. The molecule has 0 saturated carbocycles. The minimum Gasteiger partial charge on any atom is -0.497 e. The van der Waals surface area contributed by atoms with Crippen LogP contribution < -0.4 is 18.9 Å². The largest absolute Gasteiger partial charge is 0.497 e. The first kappa shape index (κ1) is 21.6. The molecule has 32 heavy (non-hydrogen) atoms. The Bertz CT molecular complexity index is 1120. The third kappa shape index (κ3) is 4.23. The Labute approximate surface area is 187 Å². The van der Waals surface area contributed by atoms with Crippen LogP contribution in [0.1, 0.15) is 33.0 Å². The zero-order chi connectivity index (χ0) is 22.7. The summed E-state index contributed by atoms with van der Waals surface area (Å²) in [6.45, 7) is 1.11. The summed E-state index contributed by atoms with van der Waals surface area (Å²) < 4.78 is 27.5. The molecule has 2 aromatic carbocycles. The zero-order valence-electron chi connectivity index (χ0n) is 18.8. The van der Waals surface area contributed by atoms with E-state index in [9.17, 15) is 4.79 Å². The van der Waals surface area contributed by atoms with Crippen molar-refractivity contribution in [2.45, 2.75) is 19.4 Å². The van der Waals surface area contributed by atoms with Crippen molar-refractivity contribution in [3.05, 3.63) is 70.7 Å². The maximum atomic E-state index is 13.1. The third-order valence-corrected chi connectivity index (χ3v) is 5.73. The van der Waals surface area contributed by atoms with Crippen LogP contribution in [0, 0.1) is 0 Å². The van der Waals surface area contributed by atoms with Gasteiger partial charge < -0.3 is 28.3 Å². The Morgan fingerprint density at radius 1 is 0.875 bits per heavy atom. The van der Waals surface area contributed by atoms with E-state index >= 15 is 0 Å². The predicted molar refractivity (Wildman–Crippen MR) is 119 cm³/mol. The van der Waals surface area contributed by atoms with Crippen LogP contribution in [0.2, 0.25) is 0 Å². The molecule has 1 aromatic heterocycles. The molecule has 2 heterocycles. The Morgan fingerprint density at radius 3 is 2.28 bits per heavy atom. The number of hydrogen-bond acceptors (Lipinski definition) is 6. The Morgan fingerprint density at radius 2 is 1.59 bits per heavy atom. The summed E-state index contributed by atoms with van der Waals surface area (Å²) in [6, 6.07) is 13.1. The second-order valence-corrected chi connectivity index (χ2v) is 7.57. The number of fused-ring (bicyclic) bond motifs is 1. The number of carbonyl (C=O) groups excluding carboxylic acids is 1. The van der Waals surface area contributed by atoms with E-state index in [1.807, 2.05) is 36.4 Å². The van der Waals surface area contributed by atoms with Crippen molar-refractivity contribution in [3.8, 4) is 23.0 Å². The normalized spacial score (nSPS) is 12.8. The highest BCUT2D eigenvalue weighted by atomic mass is 16.5. The monoisotopic (exact) mass is 437 g/mol. The number of rotatable bonds is 7. The van der Waals surface area contributed by atoms with E-state index in [-0.39, 0.29) is 5.91 Å². The molecular weight excluding hydrogens is 410 g/mol. The van der Waals surface area contributed by atoms with Gasteiger partial charge in [0.1, 0.15) is 17.3 Å². The van der Waals surface area contributed by atoms with E-state index in [4.69, 9.17) is 23.4 Å². The van der Waals surface area contributed by atoms with Gasteiger partial charge in [0.05, 0.1) is 28.4 Å². The molecule has 1 amide bonds. The van der Waals surface area contributed by atoms with Crippen molar-refractivity contribution in [1.82, 2.24) is 4.90 Å². The number of hydrogen-bond donors (Lipinski definition) is 0. The van der Waals surface area contributed by atoms with Crippen LogP contribution in [0.5, 0.6) is 23.0 Å². The van der Waals surface area contributed by atoms with E-state index in [1.54, 1.807) is 39.4 Å². The van der Waals surface area contributed by atoms with E-state index in [0.717, 1.165) is 34.6 Å². The first-order valence-electron chi connectivity index (χ1n) is 10.4. The fraction of sp³-hybridized carbons (Fsp3) is 0.320. The van der Waals surface area contributed by atoms with E-state index in [1.165, 1.54) is 0 Å². The molecule has 0 spiro atoms. The average molecular weight is 437 g/mol. The third-order valence-electron chi connectivity index (χ3n) is 5.73. The van der Waals surface area contributed by atoms with Gasteiger partial charge in [0.15, 0.2) is 17.3 Å². The Kier molecular flexibility index (Phi) is 6.25. The molecule has 4 rings (SSSR count). The van der Waals surface area contributed by atoms with Crippen LogP contribution in [0.25, 0.3) is 0 Å². The molecule has 1 aliphatic heterocycles. The lowest BCUT2D eigenvalue weighted by Crippen LogP contribution is -2.35. The zero-order valence-corrected chi connectivity index (χ0v) is 18.8. The summed E-state index contributed by atoms with van der Waals surface area (Å²) in [5.41, 5.74) is 3.14. The van der Waals surface area contributed by atoms with Gasteiger partial charge in [-0.2, -0.15) is 0 Å². The lowest BCUT2D eigenvalue weighted by molar-refractivity contribution is 0.0700. The highest BCUT2D eigenvalue weighted by Crippen LogP contribution is 2.34. The van der Waals surface area contributed by atoms with Crippen molar-refractivity contribution in [1.29, 1.82) is 0 Å². The van der Waals surface area contributed by atoms with Crippen LogP contribution in [0.4, 0.5) is 0 Å². The maximum Gasteiger partial charge on any atom is 0.289 e. The molecule has 0 radical (unpaired) electrons. The summed E-state index contributed by atoms with van der Waals surface area (Å²) in [6.07, 6.45) is 1.24. The molecule has 168 valence electrons. The molecule has 0 unspecified atom stereocenters. The number of ether oxygens (including phenoxy) is 4. The van der Waals surface area contributed by atoms with Crippen molar-refractivity contribution in [2.75, 3.05) is 35.0 Å². The summed E-state index contributed by atoms with van der Waals surface area (Å²) in [5, 5.41) is 0. The smallest absolute Gasteiger partial charge is 0.289 e. The number of amides is 1. The first-order chi connectivity index (χ1) is 15.6. The summed E-state index contributed by atoms with van der Waals surface area (Å²) in [4.78, 5) is 14.9. The van der Waals surface area contributed by atoms with E-state index in [0.29, 0.717) is 42.5 Å². The lowest BCUT2D eigenvalue weighted by atomic mass is 9.98. The fourth-order valence-electron chi connectivity index (χ4n) is 4.01. The molecule has 0 aliphatic carbocycles. The summed E-state index contributed by atoms with van der Waals surface area (Å²) in [7, 11) is 6.48. The second kappa shape index (κ2) is 9.26. The van der Waals surface area contributed by atoms with Gasteiger partial charge in [0.2, 0.25) is 0 Å². The van der Waals surface area contributed by atoms with Crippen molar-refractivity contribution in [2.24, 2.45) is 0 Å². The van der Waals surface area contributed by atoms with Gasteiger partial charge in [-0.05, 0) is 60.0 Å². The molecule has 0 atom stereocenters. The van der Waals surface area contributed by atoms with Crippen LogP contribution in [-0.2, 0) is 19.4 Å². The van der Waals surface area contributed by atoms with Gasteiger partial charge >= 0.3 is 0 Å². The van der Waals surface area contributed by atoms with Gasteiger partial charge in [0, 0.05) is 25.1 Å². The first-order valence-corrected chi connectivity index (χ1v) is 10.4. The molecular formula is C25H27NO6. The molecule has 1 aliphatic rings. The van der Waals surface area contributed by atoms with Gasteiger partial charge in [0.25, 0.3) is 5.91 Å². The van der Waals surface area contributed by atoms with E-state index < -0.39 is 0 Å². The molecule has 0 fully saturated rings. The van der Waals surface area contributed by atoms with Crippen LogP contribution in [-0.4, -0.2) is 45.8 Å². The topological polar surface area (TPSA) is 70.4 Å². The number of nitrogens with zero attached hydrogens (tertiary/aromatic N) is 1. The molecule has 0 N–H and O–H groups in total. The standard InChI is InChI=1S/C25H27NO6/c1-28-19-5-7-21(29-2)17(11-19)12-20-6-8-22(32-20)25(27)26-10-9-16-13-23(30-3)24(31-4)14-18(16)15-26/h5-8,11,13-14H,9-10,12,15H2,1-4H3. The average Bonchev–Trinajstić information content (AvgIpc) is 3.30. The lowest BCUT2D eigenvalue weighted by Gasteiger charge is -2.29. The van der Waals surface area contributed by atoms with Gasteiger partial charge in [-0.1, -0.05) is 0 Å². The second-order valence-electron chi connectivity index (χ2n) is 7.57. The summed E-state index contributed by atoms with van der Waals surface area (Å²) >= 11 is 0. The number of carbonyl (C=O) groups is 1. The van der Waals surface area contributed by atoms with Crippen molar-refractivity contribution >= 4 is 5.91 Å². The maximum absolute atomic E-state index is 13.1. The minimum atomic E-state index is -0.130. The molecule has 3 aromatic rings. The fourth-order valence-corrected chi connectivity index (χ4v) is 4.01. The predicted octanol–water partition coefficient (Wildman–Crippen LogP) is 4.10. The Hall–Kier alpha value is -3.61. The SMILES string of the molecule is COc1ccc(OC)c(Cc2ccc(C(=O)N3CCc4cc(OC)c(OC)cc4C3)o2)c1. The van der Waals surface area contributed by atoms with Gasteiger partial charge in [-0.3, -0.25) is 4.79 Å². The van der Waals surface area contributed by atoms with Crippen LogP contribution in [0.3, 0.4) is 0 Å². The molecule has 0 saturated heterocycles. The van der Waals surface area contributed by atoms with Gasteiger partial charge in [-0.25, -0.2) is 0 Å². The molecule has 0 bridgehead atoms. The summed E-state index contributed by atoms with van der Waals surface area (Å²) in [5.74, 6) is 3.72.